The molecule has 3 N–H and O–H groups in total. The summed E-state index contributed by atoms with van der Waals surface area (Å²) in [4.78, 5) is 22.6. The predicted octanol–water partition coefficient (Wildman–Crippen LogP) is 1.54. The Labute approximate surface area is 137 Å². The van der Waals surface area contributed by atoms with E-state index in [0.717, 1.165) is 25.1 Å². The molecule has 0 fully saturated rings. The second kappa shape index (κ2) is 7.21. The molecule has 1 aliphatic heterocycles. The first-order chi connectivity index (χ1) is 10.6. The van der Waals surface area contributed by atoms with Gasteiger partial charge < -0.3 is 10.6 Å². The maximum Gasteiger partial charge on any atom is 0.272 e. The number of amides is 1. The predicted molar refractivity (Wildman–Crippen MR) is 87.9 cm³/mol. The van der Waals surface area contributed by atoms with Crippen LogP contribution in [0.5, 0.6) is 0 Å². The molecule has 122 valence electrons. The molecule has 0 saturated heterocycles. The number of H-pyrrole nitrogens is 1. The molecule has 1 aliphatic rings. The van der Waals surface area contributed by atoms with Crippen LogP contribution in [0.4, 0.5) is 5.69 Å². The molecule has 0 atom stereocenters. The topological polar surface area (TPSA) is 113 Å². The van der Waals surface area contributed by atoms with Crippen LogP contribution in [0.3, 0.4) is 0 Å². The van der Waals surface area contributed by atoms with E-state index >= 15 is 0 Å². The van der Waals surface area contributed by atoms with Gasteiger partial charge in [-0.1, -0.05) is 11.6 Å². The van der Waals surface area contributed by atoms with Crippen molar-refractivity contribution in [3.8, 4) is 0 Å². The average Bonchev–Trinajstić information content (AvgIpc) is 2.96. The van der Waals surface area contributed by atoms with E-state index < -0.39 is 4.92 Å². The van der Waals surface area contributed by atoms with Crippen molar-refractivity contribution in [2.45, 2.75) is 6.42 Å². The number of aromatic nitrogens is 2. The number of benzene rings is 1. The SMILES string of the molecule is Cl.O=C(NCC1=CCNCC1)c1n[nH]c2ccc([N+](=O)[O-])cc12. The standard InChI is InChI=1S/C14H15N5O3.ClH/c20-14(16-8-9-3-5-15-6-4-9)13-11-7-10(19(21)22)1-2-12(11)17-18-13;/h1-3,7,15H,4-6,8H2,(H,16,20)(H,17,18);1H. The number of aromatic amines is 1. The van der Waals surface area contributed by atoms with Gasteiger partial charge in [-0.25, -0.2) is 0 Å². The second-order valence-corrected chi connectivity index (χ2v) is 5.06. The third-order valence-electron chi connectivity index (χ3n) is 3.61. The minimum Gasteiger partial charge on any atom is -0.347 e. The molecule has 0 unspecified atom stereocenters. The zero-order chi connectivity index (χ0) is 15.5. The van der Waals surface area contributed by atoms with Crippen LogP contribution in [0, 0.1) is 10.1 Å². The van der Waals surface area contributed by atoms with E-state index in [0.29, 0.717) is 17.4 Å². The van der Waals surface area contributed by atoms with Crippen molar-refractivity contribution in [3.05, 3.63) is 45.7 Å². The van der Waals surface area contributed by atoms with Gasteiger partial charge in [-0.3, -0.25) is 20.0 Å². The number of nitrogens with one attached hydrogen (secondary N) is 3. The fourth-order valence-corrected chi connectivity index (χ4v) is 2.40. The minimum atomic E-state index is -0.492. The fraction of sp³-hybridized carbons (Fsp3) is 0.286. The van der Waals surface area contributed by atoms with E-state index in [9.17, 15) is 14.9 Å². The summed E-state index contributed by atoms with van der Waals surface area (Å²) in [5, 5.41) is 24.0. The number of hydrogen-bond acceptors (Lipinski definition) is 5. The molecule has 0 saturated carbocycles. The molecule has 1 amide bonds. The van der Waals surface area contributed by atoms with Crippen molar-refractivity contribution in [1.29, 1.82) is 0 Å². The van der Waals surface area contributed by atoms with Gasteiger partial charge in [0.2, 0.25) is 0 Å². The highest BCUT2D eigenvalue weighted by atomic mass is 35.5. The summed E-state index contributed by atoms with van der Waals surface area (Å²) in [6.07, 6.45) is 2.95. The van der Waals surface area contributed by atoms with Gasteiger partial charge in [0.25, 0.3) is 11.6 Å². The zero-order valence-corrected chi connectivity index (χ0v) is 13.0. The highest BCUT2D eigenvalue weighted by molar-refractivity contribution is 6.05. The zero-order valence-electron chi connectivity index (χ0n) is 12.2. The number of fused-ring (bicyclic) bond motifs is 1. The Morgan fingerprint density at radius 1 is 1.43 bits per heavy atom. The van der Waals surface area contributed by atoms with Crippen LogP contribution >= 0.6 is 12.4 Å². The fourth-order valence-electron chi connectivity index (χ4n) is 2.40. The van der Waals surface area contributed by atoms with E-state index in [2.05, 4.69) is 26.9 Å². The Bertz CT molecular complexity index is 771. The third-order valence-corrected chi connectivity index (χ3v) is 3.61. The maximum atomic E-state index is 12.2. The van der Waals surface area contributed by atoms with E-state index in [4.69, 9.17) is 0 Å². The summed E-state index contributed by atoms with van der Waals surface area (Å²) in [5.74, 6) is -0.341. The van der Waals surface area contributed by atoms with Crippen LogP contribution in [0.15, 0.2) is 29.8 Å². The molecule has 1 aromatic carbocycles. The highest BCUT2D eigenvalue weighted by Crippen LogP contribution is 2.22. The first kappa shape index (κ1) is 16.9. The molecule has 2 heterocycles. The number of carbonyl (C=O) groups is 1. The number of nitro groups is 1. The van der Waals surface area contributed by atoms with Crippen LogP contribution in [0.25, 0.3) is 10.9 Å². The van der Waals surface area contributed by atoms with E-state index in [1.54, 1.807) is 6.07 Å². The van der Waals surface area contributed by atoms with Crippen LogP contribution in [-0.2, 0) is 0 Å². The van der Waals surface area contributed by atoms with Gasteiger partial charge in [-0.15, -0.1) is 12.4 Å². The molecular weight excluding hydrogens is 322 g/mol. The highest BCUT2D eigenvalue weighted by Gasteiger charge is 2.17. The Hall–Kier alpha value is -2.45. The smallest absolute Gasteiger partial charge is 0.272 e. The van der Waals surface area contributed by atoms with Crippen LogP contribution in [-0.4, -0.2) is 40.7 Å². The molecule has 8 nitrogen and oxygen atoms in total. The lowest BCUT2D eigenvalue weighted by Gasteiger charge is -2.14. The molecule has 1 aromatic heterocycles. The van der Waals surface area contributed by atoms with Crippen molar-refractivity contribution in [2.24, 2.45) is 0 Å². The quantitative estimate of drug-likeness (QED) is 0.445. The lowest BCUT2D eigenvalue weighted by molar-refractivity contribution is -0.384. The molecule has 2 aromatic rings. The monoisotopic (exact) mass is 337 g/mol. The first-order valence-corrected chi connectivity index (χ1v) is 6.94. The number of nitrogens with zero attached hydrogens (tertiary/aromatic N) is 2. The molecule has 0 bridgehead atoms. The van der Waals surface area contributed by atoms with Crippen LogP contribution < -0.4 is 10.6 Å². The molecule has 23 heavy (non-hydrogen) atoms. The summed E-state index contributed by atoms with van der Waals surface area (Å²) >= 11 is 0. The molecule has 3 rings (SSSR count). The number of non-ortho nitro benzene ring substituents is 1. The minimum absolute atomic E-state index is 0. The van der Waals surface area contributed by atoms with Gasteiger partial charge in [0, 0.05) is 30.6 Å². The van der Waals surface area contributed by atoms with Gasteiger partial charge in [0.05, 0.1) is 10.4 Å². The maximum absolute atomic E-state index is 12.2. The number of hydrogen-bond donors (Lipinski definition) is 3. The van der Waals surface area contributed by atoms with Crippen LogP contribution in [0.1, 0.15) is 16.9 Å². The van der Waals surface area contributed by atoms with Crippen molar-refractivity contribution < 1.29 is 9.72 Å². The number of halogens is 1. The average molecular weight is 338 g/mol. The molecule has 9 heteroatoms. The van der Waals surface area contributed by atoms with E-state index in [-0.39, 0.29) is 29.7 Å². The third kappa shape index (κ3) is 3.66. The van der Waals surface area contributed by atoms with Crippen molar-refractivity contribution in [3.63, 3.8) is 0 Å². The van der Waals surface area contributed by atoms with Crippen LogP contribution in [0.2, 0.25) is 0 Å². The largest absolute Gasteiger partial charge is 0.347 e. The van der Waals surface area contributed by atoms with Crippen molar-refractivity contribution in [1.82, 2.24) is 20.8 Å². The first-order valence-electron chi connectivity index (χ1n) is 6.94. The van der Waals surface area contributed by atoms with Gasteiger partial charge in [-0.05, 0) is 19.0 Å². The summed E-state index contributed by atoms with van der Waals surface area (Å²) in [7, 11) is 0. The van der Waals surface area contributed by atoms with Gasteiger partial charge in [-0.2, -0.15) is 5.10 Å². The summed E-state index contributed by atoms with van der Waals surface area (Å²) in [5.41, 5.74) is 1.87. The lowest BCUT2D eigenvalue weighted by Crippen LogP contribution is -2.29. The normalized spacial score (nSPS) is 14.0. The molecular formula is C14H16ClN5O3. The Morgan fingerprint density at radius 3 is 2.96 bits per heavy atom. The van der Waals surface area contributed by atoms with Crippen molar-refractivity contribution in [2.75, 3.05) is 19.6 Å². The van der Waals surface area contributed by atoms with Gasteiger partial charge >= 0.3 is 0 Å². The second-order valence-electron chi connectivity index (χ2n) is 5.06. The number of rotatable bonds is 4. The molecule has 0 spiro atoms. The Morgan fingerprint density at radius 2 is 2.26 bits per heavy atom. The Kier molecular flexibility index (Phi) is 5.30. The number of nitro benzene ring substituents is 1. The van der Waals surface area contributed by atoms with Gasteiger partial charge in [0.15, 0.2) is 5.69 Å². The van der Waals surface area contributed by atoms with E-state index in [1.165, 1.54) is 12.1 Å². The summed E-state index contributed by atoms with van der Waals surface area (Å²) in [6, 6.07) is 4.28. The number of carbonyl (C=O) groups excluding carboxylic acids is 1. The molecule has 0 aliphatic carbocycles. The van der Waals surface area contributed by atoms with E-state index in [1.807, 2.05) is 0 Å². The summed E-state index contributed by atoms with van der Waals surface area (Å²) < 4.78 is 0. The summed E-state index contributed by atoms with van der Waals surface area (Å²) in [6.45, 7) is 2.17. The molecule has 0 radical (unpaired) electrons. The Balaban J connectivity index is 0.00000192. The van der Waals surface area contributed by atoms with Gasteiger partial charge in [0.1, 0.15) is 0 Å². The van der Waals surface area contributed by atoms with Crippen molar-refractivity contribution >= 4 is 34.9 Å². The lowest BCUT2D eigenvalue weighted by atomic mass is 10.1.